The molecule has 0 saturated carbocycles. The second kappa shape index (κ2) is 43.4. The summed E-state index contributed by atoms with van der Waals surface area (Å²) in [6.07, 6.45) is 17.0. The number of hydrogen-bond donors (Lipinski definition) is 0. The molecular formula is C128H131F2N10+5. The molecule has 0 atom stereocenters. The molecule has 0 N–H and O–H groups in total. The third kappa shape index (κ3) is 20.6. The lowest BCUT2D eigenvalue weighted by molar-refractivity contribution is -0.731. The largest absolute Gasteiger partial charge is 0.294 e. The van der Waals surface area contributed by atoms with Crippen LogP contribution in [0, 0.1) is 46.3 Å². The minimum atomic E-state index is -0.219. The summed E-state index contributed by atoms with van der Waals surface area (Å²) in [7, 11) is 10.5. The zero-order valence-corrected chi connectivity index (χ0v) is 84.7. The highest BCUT2D eigenvalue weighted by atomic mass is 19.1. The van der Waals surface area contributed by atoms with Crippen LogP contribution in [0.15, 0.2) is 401 Å². The zero-order valence-electron chi connectivity index (χ0n) is 84.7. The van der Waals surface area contributed by atoms with Gasteiger partial charge in [-0.15, -0.1) is 9.36 Å². The van der Waals surface area contributed by atoms with Crippen LogP contribution in [0.4, 0.5) is 8.78 Å². The first-order valence-corrected chi connectivity index (χ1v) is 49.0. The molecule has 5 aromatic heterocycles. The molecule has 0 spiro atoms. The van der Waals surface area contributed by atoms with Crippen LogP contribution in [0.5, 0.6) is 0 Å². The van der Waals surface area contributed by atoms with E-state index < -0.39 is 0 Å². The number of halogens is 2. The van der Waals surface area contributed by atoms with E-state index in [2.05, 4.69) is 522 Å². The molecule has 0 fully saturated rings. The number of aromatic nitrogens is 10. The number of aryl methyl sites for hydroxylation is 9. The van der Waals surface area contributed by atoms with Crippen LogP contribution in [0.2, 0.25) is 0 Å². The summed E-state index contributed by atoms with van der Waals surface area (Å²) < 4.78 is 50.1. The van der Waals surface area contributed by atoms with Crippen molar-refractivity contribution in [3.63, 3.8) is 0 Å². The fraction of sp³-hybridized carbons (Fsp3) is 0.195. The van der Waals surface area contributed by atoms with Gasteiger partial charge in [-0.05, 0) is 211 Å². The quantitative estimate of drug-likeness (QED) is 0.0725. The molecule has 20 rings (SSSR count). The minimum Gasteiger partial charge on any atom is -0.232 e. The van der Waals surface area contributed by atoms with Gasteiger partial charge in [0.25, 0.3) is 23.3 Å². The summed E-state index contributed by atoms with van der Waals surface area (Å²) in [5.41, 5.74) is 36.3. The van der Waals surface area contributed by atoms with Crippen LogP contribution < -0.4 is 23.0 Å². The molecule has 5 heterocycles. The third-order valence-corrected chi connectivity index (χ3v) is 26.9. The third-order valence-electron chi connectivity index (χ3n) is 26.9. The maximum atomic E-state index is 14.0. The van der Waals surface area contributed by atoms with Crippen LogP contribution in [-0.4, -0.2) is 23.0 Å². The Morgan fingerprint density at radius 3 is 0.864 bits per heavy atom. The zero-order chi connectivity index (χ0) is 98.7. The molecule has 0 bridgehead atoms. The molecule has 0 unspecified atom stereocenters. The van der Waals surface area contributed by atoms with Gasteiger partial charge in [0.1, 0.15) is 95.2 Å². The van der Waals surface area contributed by atoms with Crippen molar-refractivity contribution in [2.75, 3.05) is 0 Å². The van der Waals surface area contributed by atoms with Gasteiger partial charge in [-0.1, -0.05) is 330 Å². The Hall–Kier alpha value is -15.5. The molecule has 0 saturated heterocycles. The smallest absolute Gasteiger partial charge is 0.232 e. The van der Waals surface area contributed by atoms with Crippen molar-refractivity contribution in [1.82, 2.24) is 23.0 Å². The summed E-state index contributed by atoms with van der Waals surface area (Å²) in [5.74, 6) is 6.22. The Morgan fingerprint density at radius 1 is 0.236 bits per heavy atom. The van der Waals surface area contributed by atoms with Crippen molar-refractivity contribution in [2.24, 2.45) is 35.2 Å². The highest BCUT2D eigenvalue weighted by Gasteiger charge is 2.34. The monoisotopic (exact) mass is 1850 g/mol. The molecule has 0 amide bonds. The van der Waals surface area contributed by atoms with Gasteiger partial charge < -0.3 is 0 Å². The van der Waals surface area contributed by atoms with Crippen molar-refractivity contribution in [2.45, 2.75) is 133 Å². The Labute approximate surface area is 827 Å². The van der Waals surface area contributed by atoms with E-state index in [0.717, 1.165) is 39.6 Å². The second-order valence-corrected chi connectivity index (χ2v) is 38.3. The van der Waals surface area contributed by atoms with Gasteiger partial charge in [0.2, 0.25) is 5.69 Å². The van der Waals surface area contributed by atoms with Crippen LogP contribution >= 0.6 is 0 Å². The molecular weight excluding hydrogens is 1720 g/mol. The Bertz CT molecular complexity index is 7540. The number of rotatable bonds is 19. The van der Waals surface area contributed by atoms with Gasteiger partial charge in [0.05, 0.1) is 55.8 Å². The van der Waals surface area contributed by atoms with E-state index in [1.54, 1.807) is 12.1 Å². The standard InChI is InChI=1S/C32H30FN2.C29H25N2.C23H28FN2.C23H29N2.C21H19N2/c1-22(2)26-20-29(24-11-7-5-8-12-24)31(30(21-26)25-13-9-6-10-14-25)35-18-17-34(4)32(35)28-16-15-27(33)19-23(28)3;1-22-12-9-10-17-25(22)29-30(2)20-21-31(29)28-26(23-13-5-3-6-14-23)18-11-19-27(28)24-15-7-4-8-16-24;1-15(2)19-8-7-9-20(16(3)4)22(19)26-13-12-25(6)23(26)21-11-10-18(24)14-17(21)5;1-16(2)19-12-9-13-20(17(3)4)22(19)25-15-14-24(6)23(25)21-11-8-7-10-18(21)5;1-16-10-6-8-14-19(16)23-20-15-9-7-13-18(20)21(22(23)2)17-11-4-3-5-12-17/h5-22H,1-4H3;3-21H,1-2H3;7-16H,1-6H3;7-17H,1-6H3;3-15H,1-2H3/q5*+1. The first kappa shape index (κ1) is 97.5. The van der Waals surface area contributed by atoms with Crippen LogP contribution in [0.1, 0.15) is 154 Å². The summed E-state index contributed by atoms with van der Waals surface area (Å²) in [6.45, 7) is 33.0. The highest BCUT2D eigenvalue weighted by molar-refractivity contribution is 5.93. The van der Waals surface area contributed by atoms with E-state index >= 15 is 0 Å². The Morgan fingerprint density at radius 2 is 0.521 bits per heavy atom. The molecule has 15 aromatic carbocycles. The highest BCUT2D eigenvalue weighted by Crippen LogP contribution is 2.44. The average molecular weight is 1850 g/mol. The number of benzene rings is 15. The lowest BCUT2D eigenvalue weighted by Gasteiger charge is -2.18. The predicted molar refractivity (Wildman–Crippen MR) is 575 cm³/mol. The first-order chi connectivity index (χ1) is 67.7. The molecule has 10 nitrogen and oxygen atoms in total. The summed E-state index contributed by atoms with van der Waals surface area (Å²) in [4.78, 5) is 0. The molecule has 140 heavy (non-hydrogen) atoms. The average Bonchev–Trinajstić information content (AvgIpc) is 1.56. The van der Waals surface area contributed by atoms with Gasteiger partial charge in [-0.2, -0.15) is 18.3 Å². The Balaban J connectivity index is 0.000000127. The van der Waals surface area contributed by atoms with E-state index in [4.69, 9.17) is 0 Å². The van der Waals surface area contributed by atoms with Crippen LogP contribution in [0.3, 0.4) is 0 Å². The van der Waals surface area contributed by atoms with Crippen molar-refractivity contribution in [1.29, 1.82) is 0 Å². The maximum absolute atomic E-state index is 14.0. The lowest BCUT2D eigenvalue weighted by atomic mass is 9.89. The van der Waals surface area contributed by atoms with E-state index in [-0.39, 0.29) is 11.6 Å². The van der Waals surface area contributed by atoms with Gasteiger partial charge >= 0.3 is 0 Å². The fourth-order valence-electron chi connectivity index (χ4n) is 19.7. The normalized spacial score (nSPS) is 11.2. The number of fused-ring (bicyclic) bond motifs is 1. The first-order valence-electron chi connectivity index (χ1n) is 49.0. The number of para-hydroxylation sites is 5. The van der Waals surface area contributed by atoms with Gasteiger partial charge in [0.15, 0.2) is 7.05 Å². The van der Waals surface area contributed by atoms with Gasteiger partial charge in [-0.25, -0.2) is 27.0 Å². The van der Waals surface area contributed by atoms with Crippen LogP contribution in [-0.2, 0) is 35.2 Å². The summed E-state index contributed by atoms with van der Waals surface area (Å²) >= 11 is 0. The van der Waals surface area contributed by atoms with Crippen molar-refractivity contribution < 1.29 is 31.7 Å². The van der Waals surface area contributed by atoms with E-state index in [0.29, 0.717) is 29.6 Å². The fourth-order valence-corrected chi connectivity index (χ4v) is 19.7. The van der Waals surface area contributed by atoms with E-state index in [1.165, 1.54) is 169 Å². The molecule has 0 aliphatic rings. The predicted octanol–water partition coefficient (Wildman–Crippen LogP) is 30.1. The molecule has 702 valence electrons. The molecule has 0 radical (unpaired) electrons. The SMILES string of the molecule is Cc1cc(F)ccc1-c1n(-c2c(-c3ccccc3)cc(C(C)C)cc2-c2ccccc2)cc[n+]1C.Cc1cc(F)ccc1-c1n(-c2c(C(C)C)cccc2C(C)C)cc[n+]1C.Cc1ccccc1-c1n(-c2c(-c3ccccc3)cccc2-c2ccccc2)cc[n+]1C.Cc1ccccc1-c1n(-c2c(C(C)C)cccc2C(C)C)cc[n+]1C.Cc1ccccc1-n1c2ccccc2c(-c2ccccc2)[n+]1C. The van der Waals surface area contributed by atoms with Crippen molar-refractivity contribution >= 4 is 10.9 Å². The molecule has 20 aromatic rings. The number of hydrogen-bond acceptors (Lipinski definition) is 0. The molecule has 0 aliphatic carbocycles. The van der Waals surface area contributed by atoms with Crippen molar-refractivity contribution in [3.8, 4) is 130 Å². The maximum Gasteiger partial charge on any atom is 0.294 e. The van der Waals surface area contributed by atoms with Gasteiger partial charge in [-0.3, -0.25) is 0 Å². The lowest BCUT2D eigenvalue weighted by Crippen LogP contribution is -2.39. The van der Waals surface area contributed by atoms with Crippen LogP contribution in [0.25, 0.3) is 141 Å². The Kier molecular flexibility index (Phi) is 30.3. The van der Waals surface area contributed by atoms with E-state index in [9.17, 15) is 8.78 Å². The topological polar surface area (TPSA) is 44.0 Å². The number of nitrogens with zero attached hydrogens (tertiary/aromatic N) is 10. The van der Waals surface area contributed by atoms with E-state index in [1.807, 2.05) is 40.1 Å². The molecule has 12 heteroatoms. The summed E-state index contributed by atoms with van der Waals surface area (Å²) in [6, 6.07) is 122. The minimum absolute atomic E-state index is 0.197. The number of imidazole rings is 4. The van der Waals surface area contributed by atoms with Gasteiger partial charge in [0, 0.05) is 50.1 Å². The summed E-state index contributed by atoms with van der Waals surface area (Å²) in [5, 5.41) is 1.27. The second-order valence-electron chi connectivity index (χ2n) is 38.3. The van der Waals surface area contributed by atoms with Crippen molar-refractivity contribution in [3.05, 3.63) is 469 Å². The molecule has 0 aliphatic heterocycles.